The van der Waals surface area contributed by atoms with Crippen molar-refractivity contribution in [3.8, 4) is 0 Å². The highest BCUT2D eigenvalue weighted by atomic mass is 35.5. The second-order valence-electron chi connectivity index (χ2n) is 5.71. The Morgan fingerprint density at radius 2 is 2.17 bits per heavy atom. The second-order valence-corrected chi connectivity index (χ2v) is 6.15. The number of benzene rings is 1. The molecule has 0 spiro atoms. The first kappa shape index (κ1) is 12.3. The largest absolute Gasteiger partial charge is 0.371 e. The fourth-order valence-electron chi connectivity index (χ4n) is 2.76. The molecule has 1 aliphatic heterocycles. The quantitative estimate of drug-likeness (QED) is 0.898. The number of aryl methyl sites for hydroxylation is 1. The van der Waals surface area contributed by atoms with E-state index in [-0.39, 0.29) is 0 Å². The maximum Gasteiger partial charge on any atom is 0.0426 e. The van der Waals surface area contributed by atoms with Crippen molar-refractivity contribution in [3.05, 3.63) is 28.8 Å². The highest BCUT2D eigenvalue weighted by Gasteiger charge is 2.26. The van der Waals surface area contributed by atoms with E-state index in [1.165, 1.54) is 43.6 Å². The van der Waals surface area contributed by atoms with Gasteiger partial charge in [0, 0.05) is 29.8 Å². The van der Waals surface area contributed by atoms with Crippen LogP contribution in [0.3, 0.4) is 0 Å². The minimum absolute atomic E-state index is 0.795. The van der Waals surface area contributed by atoms with E-state index in [9.17, 15) is 0 Å². The molecule has 1 aliphatic carbocycles. The Morgan fingerprint density at radius 1 is 1.33 bits per heavy atom. The summed E-state index contributed by atoms with van der Waals surface area (Å²) in [6, 6.07) is 7.02. The van der Waals surface area contributed by atoms with Crippen LogP contribution in [-0.4, -0.2) is 25.7 Å². The van der Waals surface area contributed by atoms with Crippen LogP contribution in [-0.2, 0) is 0 Å². The first-order valence-corrected chi connectivity index (χ1v) is 7.34. The van der Waals surface area contributed by atoms with Crippen LogP contribution >= 0.6 is 11.6 Å². The first-order valence-electron chi connectivity index (χ1n) is 6.97. The number of anilines is 1. The molecule has 0 radical (unpaired) electrons. The van der Waals surface area contributed by atoms with Crippen LogP contribution in [0.4, 0.5) is 5.69 Å². The van der Waals surface area contributed by atoms with E-state index in [1.54, 1.807) is 0 Å². The summed E-state index contributed by atoms with van der Waals surface area (Å²) in [7, 11) is 0. The number of rotatable bonds is 4. The molecular weight excluding hydrogens is 244 g/mol. The SMILES string of the molecule is Cc1ccc(Cl)cc1N1CCC(CNC2CC2)C1. The molecule has 0 amide bonds. The molecule has 1 atom stereocenters. The molecule has 2 nitrogen and oxygen atoms in total. The van der Waals surface area contributed by atoms with Gasteiger partial charge in [-0.05, 0) is 56.3 Å². The zero-order valence-electron chi connectivity index (χ0n) is 11.0. The molecule has 1 heterocycles. The lowest BCUT2D eigenvalue weighted by molar-refractivity contribution is 0.515. The standard InChI is InChI=1S/C15H21ClN2/c1-11-2-3-13(16)8-15(11)18-7-6-12(10-18)9-17-14-4-5-14/h2-3,8,12,14,17H,4-7,9-10H2,1H3. The maximum absolute atomic E-state index is 6.10. The third-order valence-electron chi connectivity index (χ3n) is 4.07. The number of nitrogens with one attached hydrogen (secondary N) is 1. The smallest absolute Gasteiger partial charge is 0.0426 e. The Kier molecular flexibility index (Phi) is 3.49. The van der Waals surface area contributed by atoms with Crippen molar-refractivity contribution in [2.75, 3.05) is 24.5 Å². The van der Waals surface area contributed by atoms with Gasteiger partial charge in [-0.1, -0.05) is 17.7 Å². The Bertz CT molecular complexity index is 429. The third kappa shape index (κ3) is 2.81. The van der Waals surface area contributed by atoms with E-state index in [4.69, 9.17) is 11.6 Å². The molecule has 3 heteroatoms. The molecule has 1 saturated carbocycles. The molecule has 2 fully saturated rings. The topological polar surface area (TPSA) is 15.3 Å². The molecule has 0 aromatic heterocycles. The summed E-state index contributed by atoms with van der Waals surface area (Å²) in [5, 5.41) is 4.49. The van der Waals surface area contributed by atoms with Gasteiger partial charge in [0.15, 0.2) is 0 Å². The molecule has 1 N–H and O–H groups in total. The molecule has 1 aromatic carbocycles. The number of halogens is 1. The molecule has 3 rings (SSSR count). The lowest BCUT2D eigenvalue weighted by Crippen LogP contribution is -2.27. The molecule has 1 unspecified atom stereocenters. The average molecular weight is 265 g/mol. The van der Waals surface area contributed by atoms with Crippen molar-refractivity contribution in [1.82, 2.24) is 5.32 Å². The van der Waals surface area contributed by atoms with E-state index in [0.717, 1.165) is 23.5 Å². The van der Waals surface area contributed by atoms with E-state index in [2.05, 4.69) is 29.3 Å². The van der Waals surface area contributed by atoms with Crippen molar-refractivity contribution >= 4 is 17.3 Å². The summed E-state index contributed by atoms with van der Waals surface area (Å²) >= 11 is 6.10. The molecule has 2 aliphatic rings. The summed E-state index contributed by atoms with van der Waals surface area (Å²) in [4.78, 5) is 2.49. The summed E-state index contributed by atoms with van der Waals surface area (Å²) in [6.07, 6.45) is 4.05. The molecule has 0 bridgehead atoms. The molecule has 1 saturated heterocycles. The van der Waals surface area contributed by atoms with Crippen LogP contribution in [0, 0.1) is 12.8 Å². The summed E-state index contributed by atoms with van der Waals surface area (Å²) in [5.41, 5.74) is 2.65. The van der Waals surface area contributed by atoms with E-state index in [0.29, 0.717) is 0 Å². The van der Waals surface area contributed by atoms with Crippen molar-refractivity contribution in [3.63, 3.8) is 0 Å². The van der Waals surface area contributed by atoms with Crippen LogP contribution in [0.1, 0.15) is 24.8 Å². The highest BCUT2D eigenvalue weighted by Crippen LogP contribution is 2.29. The molecule has 18 heavy (non-hydrogen) atoms. The predicted octanol–water partition coefficient (Wildman–Crippen LogP) is 3.23. The van der Waals surface area contributed by atoms with Gasteiger partial charge in [0.05, 0.1) is 0 Å². The highest BCUT2D eigenvalue weighted by molar-refractivity contribution is 6.30. The zero-order valence-corrected chi connectivity index (χ0v) is 11.7. The number of nitrogens with zero attached hydrogens (tertiary/aromatic N) is 1. The van der Waals surface area contributed by atoms with Crippen LogP contribution in [0.25, 0.3) is 0 Å². The van der Waals surface area contributed by atoms with Gasteiger partial charge in [-0.15, -0.1) is 0 Å². The van der Waals surface area contributed by atoms with Crippen LogP contribution in [0.15, 0.2) is 18.2 Å². The van der Waals surface area contributed by atoms with Gasteiger partial charge in [0.2, 0.25) is 0 Å². The van der Waals surface area contributed by atoms with Gasteiger partial charge in [-0.2, -0.15) is 0 Å². The lowest BCUT2D eigenvalue weighted by atomic mass is 10.1. The zero-order chi connectivity index (χ0) is 12.5. The van der Waals surface area contributed by atoms with Gasteiger partial charge in [0.1, 0.15) is 0 Å². The Hall–Kier alpha value is -0.730. The Labute approximate surface area is 114 Å². The summed E-state index contributed by atoms with van der Waals surface area (Å²) in [6.45, 7) is 5.68. The van der Waals surface area contributed by atoms with Crippen molar-refractivity contribution in [2.24, 2.45) is 5.92 Å². The van der Waals surface area contributed by atoms with Gasteiger partial charge < -0.3 is 10.2 Å². The fourth-order valence-corrected chi connectivity index (χ4v) is 2.93. The van der Waals surface area contributed by atoms with Crippen molar-refractivity contribution in [2.45, 2.75) is 32.2 Å². The van der Waals surface area contributed by atoms with Gasteiger partial charge in [-0.3, -0.25) is 0 Å². The fraction of sp³-hybridized carbons (Fsp3) is 0.600. The second kappa shape index (κ2) is 5.10. The van der Waals surface area contributed by atoms with Gasteiger partial charge in [-0.25, -0.2) is 0 Å². The Morgan fingerprint density at radius 3 is 2.94 bits per heavy atom. The van der Waals surface area contributed by atoms with Gasteiger partial charge in [0.25, 0.3) is 0 Å². The monoisotopic (exact) mass is 264 g/mol. The number of hydrogen-bond acceptors (Lipinski definition) is 2. The average Bonchev–Trinajstić information content (AvgIpc) is 3.08. The third-order valence-corrected chi connectivity index (χ3v) is 4.31. The normalized spacial score (nSPS) is 23.7. The Balaban J connectivity index is 1.61. The predicted molar refractivity (Wildman–Crippen MR) is 77.5 cm³/mol. The summed E-state index contributed by atoms with van der Waals surface area (Å²) < 4.78 is 0. The summed E-state index contributed by atoms with van der Waals surface area (Å²) in [5.74, 6) is 0.795. The first-order chi connectivity index (χ1) is 8.72. The van der Waals surface area contributed by atoms with Crippen LogP contribution in [0.5, 0.6) is 0 Å². The minimum Gasteiger partial charge on any atom is -0.371 e. The minimum atomic E-state index is 0.795. The van der Waals surface area contributed by atoms with Crippen molar-refractivity contribution < 1.29 is 0 Å². The molecule has 1 aromatic rings. The van der Waals surface area contributed by atoms with Gasteiger partial charge >= 0.3 is 0 Å². The molecule has 98 valence electrons. The van der Waals surface area contributed by atoms with Crippen LogP contribution in [0.2, 0.25) is 5.02 Å². The van der Waals surface area contributed by atoms with E-state index in [1.807, 2.05) is 6.07 Å². The van der Waals surface area contributed by atoms with Crippen LogP contribution < -0.4 is 10.2 Å². The maximum atomic E-state index is 6.10. The van der Waals surface area contributed by atoms with Crippen molar-refractivity contribution in [1.29, 1.82) is 0 Å². The lowest BCUT2D eigenvalue weighted by Gasteiger charge is -2.21. The molecular formula is C15H21ClN2. The number of hydrogen-bond donors (Lipinski definition) is 1. The van der Waals surface area contributed by atoms with E-state index >= 15 is 0 Å². The van der Waals surface area contributed by atoms with E-state index < -0.39 is 0 Å².